The molecule has 0 fully saturated rings. The highest BCUT2D eigenvalue weighted by atomic mass is 16.5. The van der Waals surface area contributed by atoms with Crippen LogP contribution < -0.4 is 0 Å². The molecule has 0 aromatic rings. The van der Waals surface area contributed by atoms with Gasteiger partial charge in [-0.1, -0.05) is 24.5 Å². The maximum atomic E-state index is 10.3. The van der Waals surface area contributed by atoms with E-state index in [2.05, 4.69) is 5.92 Å². The van der Waals surface area contributed by atoms with Crippen molar-refractivity contribution in [2.24, 2.45) is 0 Å². The van der Waals surface area contributed by atoms with E-state index in [9.17, 15) is 4.79 Å². The molecule has 0 saturated heterocycles. The Morgan fingerprint density at radius 2 is 2.18 bits per heavy atom. The third-order valence-corrected chi connectivity index (χ3v) is 2.08. The lowest BCUT2D eigenvalue weighted by atomic mass is 10.1. The molecular formula is C14H20O3. The summed E-state index contributed by atoms with van der Waals surface area (Å²) in [6.45, 7) is 2.88. The zero-order valence-corrected chi connectivity index (χ0v) is 10.3. The first-order chi connectivity index (χ1) is 8.16. The zero-order chi connectivity index (χ0) is 12.9. The number of unbranched alkanes of at least 4 members (excludes halogenated alkanes) is 3. The molecule has 3 heteroatoms. The van der Waals surface area contributed by atoms with Crippen LogP contribution in [0.1, 0.15) is 32.6 Å². The van der Waals surface area contributed by atoms with Crippen molar-refractivity contribution in [3.63, 3.8) is 0 Å². The van der Waals surface area contributed by atoms with Gasteiger partial charge in [0.2, 0.25) is 0 Å². The van der Waals surface area contributed by atoms with Crippen LogP contribution >= 0.6 is 0 Å². The molecule has 0 aromatic heterocycles. The van der Waals surface area contributed by atoms with E-state index in [4.69, 9.17) is 16.3 Å². The van der Waals surface area contributed by atoms with E-state index in [1.165, 1.54) is 6.08 Å². The first kappa shape index (κ1) is 15.5. The molecule has 0 aliphatic carbocycles. The minimum absolute atomic E-state index is 0.388. The van der Waals surface area contributed by atoms with Crippen molar-refractivity contribution in [3.8, 4) is 12.3 Å². The predicted octanol–water partition coefficient (Wildman–Crippen LogP) is 2.78. The Hall–Kier alpha value is -1.53. The number of hydrogen-bond acceptors (Lipinski definition) is 2. The van der Waals surface area contributed by atoms with Crippen LogP contribution in [0.5, 0.6) is 0 Å². The van der Waals surface area contributed by atoms with Crippen molar-refractivity contribution in [3.05, 3.63) is 23.8 Å². The first-order valence-electron chi connectivity index (χ1n) is 5.75. The fraction of sp³-hybridized carbons (Fsp3) is 0.500. The minimum Gasteiger partial charge on any atom is -0.478 e. The summed E-state index contributed by atoms with van der Waals surface area (Å²) in [5, 5.41) is 8.49. The maximum Gasteiger partial charge on any atom is 0.328 e. The molecule has 0 bridgehead atoms. The number of carbonyl (C=O) groups is 1. The summed E-state index contributed by atoms with van der Waals surface area (Å²) >= 11 is 0. The van der Waals surface area contributed by atoms with Gasteiger partial charge in [-0.25, -0.2) is 4.79 Å². The van der Waals surface area contributed by atoms with Crippen LogP contribution in [0.2, 0.25) is 0 Å². The Morgan fingerprint density at radius 1 is 1.41 bits per heavy atom. The van der Waals surface area contributed by atoms with Gasteiger partial charge in [-0.3, -0.25) is 0 Å². The Labute approximate surface area is 103 Å². The first-order valence-corrected chi connectivity index (χ1v) is 5.75. The maximum absolute atomic E-state index is 10.3. The highest BCUT2D eigenvalue weighted by Gasteiger charge is 1.90. The van der Waals surface area contributed by atoms with Gasteiger partial charge in [-0.2, -0.15) is 0 Å². The molecule has 0 atom stereocenters. The molecule has 0 radical (unpaired) electrons. The number of ether oxygens (including phenoxy) is 1. The lowest BCUT2D eigenvalue weighted by Crippen LogP contribution is -1.94. The predicted molar refractivity (Wildman–Crippen MR) is 68.7 cm³/mol. The molecule has 0 saturated carbocycles. The van der Waals surface area contributed by atoms with Crippen molar-refractivity contribution in [2.75, 3.05) is 13.2 Å². The highest BCUT2D eigenvalue weighted by Crippen LogP contribution is 2.03. The van der Waals surface area contributed by atoms with Crippen molar-refractivity contribution < 1.29 is 14.6 Å². The fourth-order valence-electron chi connectivity index (χ4n) is 1.29. The lowest BCUT2D eigenvalue weighted by Gasteiger charge is -1.99. The molecule has 0 aromatic carbocycles. The number of carboxylic acids is 1. The molecule has 3 nitrogen and oxygen atoms in total. The van der Waals surface area contributed by atoms with Crippen LogP contribution in [0, 0.1) is 12.3 Å². The monoisotopic (exact) mass is 236 g/mol. The molecule has 0 spiro atoms. The van der Waals surface area contributed by atoms with Crippen molar-refractivity contribution >= 4 is 5.97 Å². The fourth-order valence-corrected chi connectivity index (χ4v) is 1.29. The van der Waals surface area contributed by atoms with Crippen molar-refractivity contribution in [1.29, 1.82) is 0 Å². The number of aliphatic carboxylic acids is 1. The molecule has 17 heavy (non-hydrogen) atoms. The average Bonchev–Trinajstić information content (AvgIpc) is 2.26. The quantitative estimate of drug-likeness (QED) is 0.290. The second kappa shape index (κ2) is 11.0. The van der Waals surface area contributed by atoms with Gasteiger partial charge in [0.15, 0.2) is 0 Å². The normalized spacial score (nSPS) is 11.6. The molecule has 0 aliphatic heterocycles. The van der Waals surface area contributed by atoms with Gasteiger partial charge in [0.1, 0.15) is 6.61 Å². The molecule has 0 heterocycles. The molecule has 94 valence electrons. The molecule has 0 unspecified atom stereocenters. The molecule has 1 N–H and O–H groups in total. The van der Waals surface area contributed by atoms with E-state index in [1.54, 1.807) is 6.92 Å². The van der Waals surface area contributed by atoms with Crippen molar-refractivity contribution in [2.45, 2.75) is 32.6 Å². The molecule has 0 rings (SSSR count). The van der Waals surface area contributed by atoms with E-state index in [-0.39, 0.29) is 0 Å². The molecule has 0 amide bonds. The van der Waals surface area contributed by atoms with Gasteiger partial charge in [-0.15, -0.1) is 6.42 Å². The summed E-state index contributed by atoms with van der Waals surface area (Å²) in [6.07, 6.45) is 14.2. The SMILES string of the molecule is C#CCOCCCCCC=CC(C)=CC(=O)O. The Morgan fingerprint density at radius 3 is 2.82 bits per heavy atom. The van der Waals surface area contributed by atoms with E-state index < -0.39 is 5.97 Å². The topological polar surface area (TPSA) is 46.5 Å². The third kappa shape index (κ3) is 12.4. The summed E-state index contributed by atoms with van der Waals surface area (Å²) in [5.41, 5.74) is 0.759. The molecule has 0 aliphatic rings. The summed E-state index contributed by atoms with van der Waals surface area (Å²) in [4.78, 5) is 10.3. The van der Waals surface area contributed by atoms with Crippen LogP contribution in [0.4, 0.5) is 0 Å². The van der Waals surface area contributed by atoms with E-state index in [1.807, 2.05) is 12.2 Å². The molecular weight excluding hydrogens is 216 g/mol. The summed E-state index contributed by atoms with van der Waals surface area (Å²) in [5.74, 6) is 1.51. The lowest BCUT2D eigenvalue weighted by molar-refractivity contribution is -0.131. The van der Waals surface area contributed by atoms with Crippen LogP contribution in [0.25, 0.3) is 0 Å². The summed E-state index contributed by atoms with van der Waals surface area (Å²) < 4.78 is 5.14. The average molecular weight is 236 g/mol. The van der Waals surface area contributed by atoms with Gasteiger partial charge in [-0.05, 0) is 31.8 Å². The van der Waals surface area contributed by atoms with Gasteiger partial charge < -0.3 is 9.84 Å². The Kier molecular flexibility index (Phi) is 9.98. The smallest absolute Gasteiger partial charge is 0.328 e. The van der Waals surface area contributed by atoms with Crippen LogP contribution in [0.15, 0.2) is 23.8 Å². The van der Waals surface area contributed by atoms with E-state index >= 15 is 0 Å². The van der Waals surface area contributed by atoms with Gasteiger partial charge in [0.25, 0.3) is 0 Å². The van der Waals surface area contributed by atoms with Gasteiger partial charge >= 0.3 is 5.97 Å². The zero-order valence-electron chi connectivity index (χ0n) is 10.3. The van der Waals surface area contributed by atoms with Crippen LogP contribution in [-0.4, -0.2) is 24.3 Å². The Bertz CT molecular complexity index is 308. The summed E-state index contributed by atoms with van der Waals surface area (Å²) in [6, 6.07) is 0. The summed E-state index contributed by atoms with van der Waals surface area (Å²) in [7, 11) is 0. The third-order valence-electron chi connectivity index (χ3n) is 2.08. The Balaban J connectivity index is 3.43. The number of rotatable bonds is 9. The minimum atomic E-state index is -0.905. The van der Waals surface area contributed by atoms with Crippen molar-refractivity contribution in [1.82, 2.24) is 0 Å². The van der Waals surface area contributed by atoms with E-state index in [0.29, 0.717) is 13.2 Å². The van der Waals surface area contributed by atoms with Crippen LogP contribution in [0.3, 0.4) is 0 Å². The number of hydrogen-bond donors (Lipinski definition) is 1. The number of allylic oxidation sites excluding steroid dienone is 3. The van der Waals surface area contributed by atoms with Gasteiger partial charge in [0.05, 0.1) is 0 Å². The van der Waals surface area contributed by atoms with E-state index in [0.717, 1.165) is 31.3 Å². The van der Waals surface area contributed by atoms with Crippen LogP contribution in [-0.2, 0) is 9.53 Å². The largest absolute Gasteiger partial charge is 0.478 e. The number of carboxylic acid groups (broad SMARTS) is 1. The second-order valence-electron chi connectivity index (χ2n) is 3.74. The standard InChI is InChI=1S/C14H20O3/c1-3-10-17-11-8-6-4-5-7-9-13(2)12-14(15)16/h1,7,9,12H,4-6,8,10-11H2,2H3,(H,15,16). The second-order valence-corrected chi connectivity index (χ2v) is 3.74. The highest BCUT2D eigenvalue weighted by molar-refractivity contribution is 5.81. The number of terminal acetylenes is 1. The van der Waals surface area contributed by atoms with Gasteiger partial charge in [0, 0.05) is 12.7 Å².